The lowest BCUT2D eigenvalue weighted by Gasteiger charge is -2.33. The average molecular weight is 615 g/mol. The number of rotatable bonds is 3. The highest BCUT2D eigenvalue weighted by atomic mass is 16.6. The largest absolute Gasteiger partial charge is 0.444 e. The molecule has 4 heterocycles. The van der Waals surface area contributed by atoms with Crippen LogP contribution in [-0.4, -0.2) is 157 Å². The molecule has 14 heteroatoms. The van der Waals surface area contributed by atoms with E-state index in [0.717, 1.165) is 0 Å². The summed E-state index contributed by atoms with van der Waals surface area (Å²) < 4.78 is 26.6. The predicted octanol–water partition coefficient (Wildman–Crippen LogP) is 1.09. The molecule has 0 aromatic carbocycles. The fraction of sp³-hybridized carbons (Fsp3) is 0.862. The van der Waals surface area contributed by atoms with Crippen LogP contribution >= 0.6 is 0 Å². The number of aliphatic hydroxyl groups is 1. The van der Waals surface area contributed by atoms with Crippen molar-refractivity contribution in [3.63, 3.8) is 0 Å². The average Bonchev–Trinajstić information content (AvgIpc) is 3.56. The summed E-state index contributed by atoms with van der Waals surface area (Å²) in [6, 6.07) is -1.16. The number of β-amino-alcohol motifs (C(OH)–C–C–N with tert-alkyl or cyclic N) is 1. The van der Waals surface area contributed by atoms with Crippen LogP contribution in [0.1, 0.15) is 54.4 Å². The molecule has 4 saturated heterocycles. The molecule has 4 atom stereocenters. The van der Waals surface area contributed by atoms with Crippen molar-refractivity contribution in [2.45, 2.75) is 89.9 Å². The van der Waals surface area contributed by atoms with Crippen molar-refractivity contribution in [3.05, 3.63) is 0 Å². The van der Waals surface area contributed by atoms with Crippen LogP contribution in [0.3, 0.4) is 0 Å². The highest BCUT2D eigenvalue weighted by Crippen LogP contribution is 2.25. The van der Waals surface area contributed by atoms with Crippen molar-refractivity contribution >= 4 is 24.0 Å². The van der Waals surface area contributed by atoms with Gasteiger partial charge in [0.05, 0.1) is 51.7 Å². The number of hydrogen-bond donors (Lipinski definition) is 1. The maximum Gasteiger partial charge on any atom is 0.411 e. The van der Waals surface area contributed by atoms with Crippen LogP contribution in [0, 0.1) is 0 Å². The minimum Gasteiger partial charge on any atom is -0.444 e. The molecule has 0 aromatic rings. The fourth-order valence-electron chi connectivity index (χ4n) is 5.28. The third-order valence-corrected chi connectivity index (χ3v) is 7.35. The van der Waals surface area contributed by atoms with Crippen molar-refractivity contribution in [1.29, 1.82) is 0 Å². The van der Waals surface area contributed by atoms with Crippen LogP contribution < -0.4 is 0 Å². The Morgan fingerprint density at radius 1 is 0.674 bits per heavy atom. The van der Waals surface area contributed by atoms with E-state index in [-0.39, 0.29) is 30.9 Å². The normalized spacial score (nSPS) is 26.5. The quantitative estimate of drug-likeness (QED) is 0.490. The van der Waals surface area contributed by atoms with Gasteiger partial charge in [0.25, 0.3) is 0 Å². The molecule has 0 bridgehead atoms. The molecule has 0 saturated carbocycles. The van der Waals surface area contributed by atoms with Gasteiger partial charge in [-0.2, -0.15) is 0 Å². The zero-order chi connectivity index (χ0) is 31.9. The number of carbonyl (C=O) groups is 4. The number of ether oxygens (including phenoxy) is 5. The molecule has 0 aliphatic carbocycles. The number of aliphatic hydroxyl groups excluding tert-OH is 1. The summed E-state index contributed by atoms with van der Waals surface area (Å²) >= 11 is 0. The molecule has 4 fully saturated rings. The molecule has 14 nitrogen and oxygen atoms in total. The van der Waals surface area contributed by atoms with E-state index in [9.17, 15) is 24.3 Å². The summed E-state index contributed by atoms with van der Waals surface area (Å²) in [6.45, 7) is 15.5. The van der Waals surface area contributed by atoms with Gasteiger partial charge in [-0.25, -0.2) is 9.59 Å². The lowest BCUT2D eigenvalue weighted by Crippen LogP contribution is -2.51. The maximum absolute atomic E-state index is 12.7. The highest BCUT2D eigenvalue weighted by Gasteiger charge is 2.44. The molecule has 4 aliphatic rings. The van der Waals surface area contributed by atoms with Crippen LogP contribution in [-0.2, 0) is 33.3 Å². The molecular formula is C29H50N4O10. The minimum atomic E-state index is -0.687. The zero-order valence-electron chi connectivity index (χ0n) is 26.7. The summed E-state index contributed by atoms with van der Waals surface area (Å²) in [4.78, 5) is 56.1. The first-order valence-corrected chi connectivity index (χ1v) is 15.0. The van der Waals surface area contributed by atoms with E-state index in [4.69, 9.17) is 23.7 Å². The standard InChI is InChI=1S/C15H26N2O5.C14H24N2O5/c1-15(2,3)22-14(19)17-10-11(20-4)9-12(17)13(18)16-5-7-21-8-6-16;1-14(2,3)21-13(19)16-9-10(17)8-11(16)12(18)15-4-6-20-7-5-15/h11-12H,5-10H2,1-4H3;10-11,17H,4-9H2,1-3H3/t11-,12+;10-,11+/m11/s1. The van der Waals surface area contributed by atoms with Crippen LogP contribution in [0.2, 0.25) is 0 Å². The van der Waals surface area contributed by atoms with Crippen molar-refractivity contribution in [2.75, 3.05) is 72.8 Å². The van der Waals surface area contributed by atoms with Crippen molar-refractivity contribution < 1.29 is 48.0 Å². The molecular weight excluding hydrogens is 564 g/mol. The Balaban J connectivity index is 0.000000236. The summed E-state index contributed by atoms with van der Waals surface area (Å²) in [7, 11) is 1.60. The van der Waals surface area contributed by atoms with Gasteiger partial charge in [0.15, 0.2) is 0 Å². The number of methoxy groups -OCH3 is 1. The Morgan fingerprint density at radius 3 is 1.47 bits per heavy atom. The van der Waals surface area contributed by atoms with Crippen molar-refractivity contribution in [2.24, 2.45) is 0 Å². The van der Waals surface area contributed by atoms with Gasteiger partial charge in [0.2, 0.25) is 11.8 Å². The summed E-state index contributed by atoms with van der Waals surface area (Å²) in [5.74, 6) is -0.186. The van der Waals surface area contributed by atoms with E-state index in [1.807, 2.05) is 20.8 Å². The Kier molecular flexibility index (Phi) is 12.0. The molecule has 4 rings (SSSR count). The molecule has 1 N–H and O–H groups in total. The van der Waals surface area contributed by atoms with E-state index in [2.05, 4.69) is 0 Å². The molecule has 4 amide bonds. The van der Waals surface area contributed by atoms with Crippen LogP contribution in [0.4, 0.5) is 9.59 Å². The first-order chi connectivity index (χ1) is 20.1. The molecule has 246 valence electrons. The Hall–Kier alpha value is -2.68. The smallest absolute Gasteiger partial charge is 0.411 e. The second-order valence-electron chi connectivity index (χ2n) is 13.2. The van der Waals surface area contributed by atoms with Crippen LogP contribution in [0.15, 0.2) is 0 Å². The molecule has 0 aromatic heterocycles. The van der Waals surface area contributed by atoms with Gasteiger partial charge in [-0.1, -0.05) is 0 Å². The monoisotopic (exact) mass is 614 g/mol. The van der Waals surface area contributed by atoms with Gasteiger partial charge in [0.1, 0.15) is 23.3 Å². The van der Waals surface area contributed by atoms with Gasteiger partial charge in [0, 0.05) is 46.1 Å². The number of carbonyl (C=O) groups excluding carboxylic acids is 4. The fourth-order valence-corrected chi connectivity index (χ4v) is 5.28. The van der Waals surface area contributed by atoms with Gasteiger partial charge < -0.3 is 38.6 Å². The number of morpholine rings is 2. The second-order valence-corrected chi connectivity index (χ2v) is 13.2. The Labute approximate surface area is 254 Å². The third-order valence-electron chi connectivity index (χ3n) is 7.35. The maximum atomic E-state index is 12.7. The summed E-state index contributed by atoms with van der Waals surface area (Å²) in [5.41, 5.74) is -1.22. The topological polar surface area (TPSA) is 148 Å². The van der Waals surface area contributed by atoms with E-state index in [1.54, 1.807) is 37.7 Å². The number of hydrogen-bond acceptors (Lipinski definition) is 10. The predicted molar refractivity (Wildman–Crippen MR) is 154 cm³/mol. The summed E-state index contributed by atoms with van der Waals surface area (Å²) in [5, 5.41) is 9.82. The van der Waals surface area contributed by atoms with E-state index in [1.165, 1.54) is 9.80 Å². The second kappa shape index (κ2) is 14.9. The van der Waals surface area contributed by atoms with E-state index in [0.29, 0.717) is 65.6 Å². The van der Waals surface area contributed by atoms with E-state index < -0.39 is 41.6 Å². The van der Waals surface area contributed by atoms with Gasteiger partial charge in [-0.3, -0.25) is 19.4 Å². The molecule has 0 unspecified atom stereocenters. The van der Waals surface area contributed by atoms with Crippen LogP contribution in [0.25, 0.3) is 0 Å². The first-order valence-electron chi connectivity index (χ1n) is 15.0. The zero-order valence-corrected chi connectivity index (χ0v) is 26.7. The number of amides is 4. The number of likely N-dealkylation sites (tertiary alicyclic amines) is 2. The van der Waals surface area contributed by atoms with Crippen molar-refractivity contribution in [3.8, 4) is 0 Å². The highest BCUT2D eigenvalue weighted by molar-refractivity contribution is 5.87. The number of nitrogens with zero attached hydrogens (tertiary/aromatic N) is 4. The van der Waals surface area contributed by atoms with Gasteiger partial charge in [-0.15, -0.1) is 0 Å². The van der Waals surface area contributed by atoms with Gasteiger partial charge >= 0.3 is 12.2 Å². The van der Waals surface area contributed by atoms with E-state index >= 15 is 0 Å². The first kappa shape index (κ1) is 34.8. The SMILES string of the molecule is CC(C)(C)OC(=O)N1C[C@H](O)C[C@H]1C(=O)N1CCOCC1.CO[C@@H]1C[C@@H](C(=O)N2CCOCC2)N(C(=O)OC(C)(C)C)C1. The lowest BCUT2D eigenvalue weighted by atomic mass is 10.1. The summed E-state index contributed by atoms with van der Waals surface area (Å²) in [6.07, 6.45) is -1.07. The molecule has 0 radical (unpaired) electrons. The molecule has 0 spiro atoms. The Morgan fingerprint density at radius 2 is 1.07 bits per heavy atom. The van der Waals surface area contributed by atoms with Crippen LogP contribution in [0.5, 0.6) is 0 Å². The van der Waals surface area contributed by atoms with Gasteiger partial charge in [-0.05, 0) is 41.5 Å². The third kappa shape index (κ3) is 10.2. The lowest BCUT2D eigenvalue weighted by molar-refractivity contribution is -0.140. The van der Waals surface area contributed by atoms with Crippen molar-refractivity contribution in [1.82, 2.24) is 19.6 Å². The Bertz CT molecular complexity index is 969. The molecule has 43 heavy (non-hydrogen) atoms. The minimum absolute atomic E-state index is 0.0475. The molecule has 4 aliphatic heterocycles.